The predicted molar refractivity (Wildman–Crippen MR) is 97.9 cm³/mol. The quantitative estimate of drug-likeness (QED) is 0.696. The van der Waals surface area contributed by atoms with Crippen LogP contribution in [0.1, 0.15) is 45.1 Å². The van der Waals surface area contributed by atoms with Gasteiger partial charge in [-0.2, -0.15) is 0 Å². The number of halogens is 2. The molecule has 1 saturated carbocycles. The van der Waals surface area contributed by atoms with Crippen molar-refractivity contribution in [2.24, 2.45) is 0 Å². The molecule has 2 aliphatic rings. The summed E-state index contributed by atoms with van der Waals surface area (Å²) < 4.78 is 16.9. The van der Waals surface area contributed by atoms with Gasteiger partial charge in [0.1, 0.15) is 5.57 Å². The Labute approximate surface area is 162 Å². The van der Waals surface area contributed by atoms with Crippen LogP contribution in [0.15, 0.2) is 24.0 Å². The summed E-state index contributed by atoms with van der Waals surface area (Å²) in [6, 6.07) is 4.81. The third-order valence-corrected chi connectivity index (χ3v) is 5.27. The highest BCUT2D eigenvalue weighted by atomic mass is 35.5. The molecule has 5 nitrogen and oxygen atoms in total. The van der Waals surface area contributed by atoms with Gasteiger partial charge in [-0.25, -0.2) is 4.79 Å². The van der Waals surface area contributed by atoms with Crippen LogP contribution in [-0.4, -0.2) is 30.3 Å². The lowest BCUT2D eigenvalue weighted by atomic mass is 9.81. The zero-order valence-corrected chi connectivity index (χ0v) is 16.2. The molecule has 3 rings (SSSR count). The highest BCUT2D eigenvalue weighted by Crippen LogP contribution is 2.48. The van der Waals surface area contributed by atoms with Gasteiger partial charge >= 0.3 is 11.9 Å². The molecule has 0 N–H and O–H groups in total. The first-order valence-electron chi connectivity index (χ1n) is 8.60. The average Bonchev–Trinajstić information content (AvgIpc) is 2.82. The average molecular weight is 399 g/mol. The lowest BCUT2D eigenvalue weighted by Crippen LogP contribution is -2.40. The minimum absolute atomic E-state index is 0.117. The second-order valence-electron chi connectivity index (χ2n) is 6.46. The van der Waals surface area contributed by atoms with Gasteiger partial charge in [0.25, 0.3) is 0 Å². The van der Waals surface area contributed by atoms with E-state index >= 15 is 0 Å². The van der Waals surface area contributed by atoms with Gasteiger partial charge in [-0.05, 0) is 44.7 Å². The number of hydrogen-bond acceptors (Lipinski definition) is 5. The third-order valence-electron chi connectivity index (χ3n) is 4.72. The maximum Gasteiger partial charge on any atom is 0.343 e. The van der Waals surface area contributed by atoms with Crippen molar-refractivity contribution in [2.45, 2.75) is 51.2 Å². The number of carbonyl (C=O) groups excluding carboxylic acids is 2. The summed E-state index contributed by atoms with van der Waals surface area (Å²) >= 11 is 12.2. The molecule has 1 aliphatic carbocycles. The van der Waals surface area contributed by atoms with Crippen LogP contribution in [-0.2, 0) is 23.8 Å². The first kappa shape index (κ1) is 19.2. The molecule has 0 radical (unpaired) electrons. The molecule has 140 valence electrons. The number of hydrogen-bond donors (Lipinski definition) is 0. The van der Waals surface area contributed by atoms with Gasteiger partial charge in [0, 0.05) is 24.1 Å². The van der Waals surface area contributed by atoms with Gasteiger partial charge in [-0.3, -0.25) is 4.79 Å². The van der Waals surface area contributed by atoms with Crippen molar-refractivity contribution in [1.29, 1.82) is 0 Å². The SMILES string of the molecule is CCOC1CCC2(CC1)OC(=O)C(c1ccc(Cl)cc1Cl)=C2OC(C)=O. The van der Waals surface area contributed by atoms with Crippen LogP contribution in [0.25, 0.3) is 5.57 Å². The van der Waals surface area contributed by atoms with Gasteiger partial charge in [0.15, 0.2) is 11.4 Å². The lowest BCUT2D eigenvalue weighted by Gasteiger charge is -2.36. The van der Waals surface area contributed by atoms with E-state index < -0.39 is 17.5 Å². The van der Waals surface area contributed by atoms with Gasteiger partial charge in [0.2, 0.25) is 0 Å². The Bertz CT molecular complexity index is 763. The normalized spacial score (nSPS) is 25.5. The summed E-state index contributed by atoms with van der Waals surface area (Å²) in [5, 5.41) is 0.751. The molecule has 1 fully saturated rings. The maximum absolute atomic E-state index is 12.7. The van der Waals surface area contributed by atoms with E-state index in [-0.39, 0.29) is 17.4 Å². The number of ether oxygens (including phenoxy) is 3. The second kappa shape index (κ2) is 7.59. The fraction of sp³-hybridized carbons (Fsp3) is 0.474. The highest BCUT2D eigenvalue weighted by Gasteiger charge is 2.52. The topological polar surface area (TPSA) is 61.8 Å². The van der Waals surface area contributed by atoms with Crippen molar-refractivity contribution < 1.29 is 23.8 Å². The Morgan fingerprint density at radius 2 is 2.00 bits per heavy atom. The third kappa shape index (κ3) is 3.61. The molecule has 1 aromatic carbocycles. The summed E-state index contributed by atoms with van der Waals surface area (Å²) in [6.45, 7) is 3.89. The smallest absolute Gasteiger partial charge is 0.343 e. The van der Waals surface area contributed by atoms with E-state index in [1.54, 1.807) is 18.2 Å². The minimum atomic E-state index is -0.950. The first-order chi connectivity index (χ1) is 12.4. The first-order valence-corrected chi connectivity index (χ1v) is 9.35. The molecule has 0 amide bonds. The lowest BCUT2D eigenvalue weighted by molar-refractivity contribution is -0.157. The van der Waals surface area contributed by atoms with E-state index in [2.05, 4.69) is 0 Å². The molecule has 7 heteroatoms. The second-order valence-corrected chi connectivity index (χ2v) is 7.30. The molecule has 1 aliphatic heterocycles. The van der Waals surface area contributed by atoms with Crippen molar-refractivity contribution in [3.05, 3.63) is 39.6 Å². The Morgan fingerprint density at radius 3 is 2.58 bits per heavy atom. The van der Waals surface area contributed by atoms with E-state index in [0.717, 1.165) is 0 Å². The van der Waals surface area contributed by atoms with Crippen LogP contribution < -0.4 is 0 Å². The standard InChI is InChI=1S/C19H20Cl2O5/c1-3-24-13-6-8-19(9-7-13)17(25-11(2)22)16(18(23)26-19)14-5-4-12(20)10-15(14)21/h4-5,10,13H,3,6-9H2,1-2H3. The van der Waals surface area contributed by atoms with E-state index in [1.807, 2.05) is 6.92 Å². The molecule has 0 atom stereocenters. The molecule has 26 heavy (non-hydrogen) atoms. The van der Waals surface area contributed by atoms with E-state index in [1.165, 1.54) is 6.92 Å². The Morgan fingerprint density at radius 1 is 1.31 bits per heavy atom. The van der Waals surface area contributed by atoms with Crippen molar-refractivity contribution in [2.75, 3.05) is 6.61 Å². The zero-order valence-electron chi connectivity index (χ0n) is 14.6. The number of carbonyl (C=O) groups is 2. The van der Waals surface area contributed by atoms with Gasteiger partial charge in [-0.15, -0.1) is 0 Å². The van der Waals surface area contributed by atoms with Crippen LogP contribution in [0.3, 0.4) is 0 Å². The van der Waals surface area contributed by atoms with Crippen molar-refractivity contribution in [1.82, 2.24) is 0 Å². The molecule has 1 aromatic rings. The molecular weight excluding hydrogens is 379 g/mol. The van der Waals surface area contributed by atoms with E-state index in [9.17, 15) is 9.59 Å². The van der Waals surface area contributed by atoms with Crippen LogP contribution in [0.5, 0.6) is 0 Å². The monoisotopic (exact) mass is 398 g/mol. The molecule has 1 spiro atoms. The summed E-state index contributed by atoms with van der Waals surface area (Å²) in [5.74, 6) is -0.804. The van der Waals surface area contributed by atoms with Crippen LogP contribution >= 0.6 is 23.2 Å². The molecule has 1 heterocycles. The van der Waals surface area contributed by atoms with Crippen molar-refractivity contribution >= 4 is 40.7 Å². The summed E-state index contributed by atoms with van der Waals surface area (Å²) in [5.41, 5.74) is -0.313. The Hall–Kier alpha value is -1.56. The Kier molecular flexibility index (Phi) is 5.61. The van der Waals surface area contributed by atoms with Crippen LogP contribution in [0, 0.1) is 0 Å². The highest BCUT2D eigenvalue weighted by molar-refractivity contribution is 6.37. The van der Waals surface area contributed by atoms with Crippen LogP contribution in [0.4, 0.5) is 0 Å². The predicted octanol–water partition coefficient (Wildman–Crippen LogP) is 4.54. The zero-order chi connectivity index (χ0) is 18.9. The minimum Gasteiger partial charge on any atom is -0.447 e. The number of rotatable bonds is 4. The summed E-state index contributed by atoms with van der Waals surface area (Å²) in [6.07, 6.45) is 2.61. The van der Waals surface area contributed by atoms with Crippen LogP contribution in [0.2, 0.25) is 10.0 Å². The molecule has 0 saturated heterocycles. The molecule has 0 bridgehead atoms. The Balaban J connectivity index is 2.03. The van der Waals surface area contributed by atoms with Crippen molar-refractivity contribution in [3.63, 3.8) is 0 Å². The van der Waals surface area contributed by atoms with Crippen molar-refractivity contribution in [3.8, 4) is 0 Å². The number of esters is 2. The summed E-state index contributed by atoms with van der Waals surface area (Å²) in [4.78, 5) is 24.4. The molecular formula is C19H20Cl2O5. The molecule has 0 unspecified atom stereocenters. The fourth-order valence-electron chi connectivity index (χ4n) is 3.60. The largest absolute Gasteiger partial charge is 0.447 e. The van der Waals surface area contributed by atoms with Gasteiger partial charge in [0.05, 0.1) is 11.1 Å². The number of benzene rings is 1. The van der Waals surface area contributed by atoms with Gasteiger partial charge < -0.3 is 14.2 Å². The molecule has 0 aromatic heterocycles. The van der Waals surface area contributed by atoms with E-state index in [0.29, 0.717) is 47.9 Å². The van der Waals surface area contributed by atoms with E-state index in [4.69, 9.17) is 37.4 Å². The van der Waals surface area contributed by atoms with Gasteiger partial charge in [-0.1, -0.05) is 29.3 Å². The fourth-order valence-corrected chi connectivity index (χ4v) is 4.10. The maximum atomic E-state index is 12.7. The summed E-state index contributed by atoms with van der Waals surface area (Å²) in [7, 11) is 0.